The van der Waals surface area contributed by atoms with Crippen LogP contribution in [0.4, 0.5) is 0 Å². The Labute approximate surface area is 61.9 Å². The minimum atomic E-state index is 0.801. The zero-order valence-electron chi connectivity index (χ0n) is 6.42. The molecule has 0 spiro atoms. The molecule has 2 atom stereocenters. The van der Waals surface area contributed by atoms with E-state index < -0.39 is 0 Å². The van der Waals surface area contributed by atoms with E-state index in [1.165, 1.54) is 13.0 Å². The molecular formula is C7H15NS. The van der Waals surface area contributed by atoms with Crippen molar-refractivity contribution in [3.63, 3.8) is 0 Å². The molecule has 0 amide bonds. The van der Waals surface area contributed by atoms with E-state index in [-0.39, 0.29) is 0 Å². The van der Waals surface area contributed by atoms with Crippen LogP contribution >= 0.6 is 11.9 Å². The molecule has 0 aromatic carbocycles. The lowest BCUT2D eigenvalue weighted by Gasteiger charge is -2.15. The van der Waals surface area contributed by atoms with E-state index in [4.69, 9.17) is 0 Å². The third-order valence-corrected chi connectivity index (χ3v) is 3.23. The molecule has 2 heteroatoms. The maximum Gasteiger partial charge on any atom is 0.0185 e. The van der Waals surface area contributed by atoms with Crippen molar-refractivity contribution in [1.82, 2.24) is 4.31 Å². The second-order valence-electron chi connectivity index (χ2n) is 2.73. The quantitative estimate of drug-likeness (QED) is 0.520. The molecule has 1 heterocycles. The molecule has 0 bridgehead atoms. The van der Waals surface area contributed by atoms with Gasteiger partial charge < -0.3 is 0 Å². The lowest BCUT2D eigenvalue weighted by Crippen LogP contribution is -2.19. The summed E-state index contributed by atoms with van der Waals surface area (Å²) < 4.78 is 2.46. The van der Waals surface area contributed by atoms with Crippen LogP contribution in [0.2, 0.25) is 0 Å². The number of rotatable bonds is 1. The van der Waals surface area contributed by atoms with Gasteiger partial charge in [0.05, 0.1) is 0 Å². The Hall–Kier alpha value is 0.310. The first kappa shape index (κ1) is 7.42. The molecule has 9 heavy (non-hydrogen) atoms. The van der Waals surface area contributed by atoms with Crippen LogP contribution in [-0.2, 0) is 0 Å². The molecule has 0 radical (unpaired) electrons. The van der Waals surface area contributed by atoms with E-state index in [9.17, 15) is 0 Å². The monoisotopic (exact) mass is 145 g/mol. The van der Waals surface area contributed by atoms with Gasteiger partial charge in [0.15, 0.2) is 0 Å². The second-order valence-corrected chi connectivity index (χ2v) is 4.22. The van der Waals surface area contributed by atoms with Crippen molar-refractivity contribution in [2.75, 3.05) is 6.54 Å². The lowest BCUT2D eigenvalue weighted by atomic mass is 10.2. The molecule has 1 aliphatic heterocycles. The van der Waals surface area contributed by atoms with Crippen LogP contribution < -0.4 is 0 Å². The van der Waals surface area contributed by atoms with E-state index in [1.54, 1.807) is 0 Å². The Morgan fingerprint density at radius 3 is 2.44 bits per heavy atom. The predicted molar refractivity (Wildman–Crippen MR) is 43.5 cm³/mol. The normalized spacial score (nSPS) is 37.7. The van der Waals surface area contributed by atoms with Gasteiger partial charge in [-0.2, -0.15) is 0 Å². The van der Waals surface area contributed by atoms with Gasteiger partial charge in [-0.1, -0.05) is 25.8 Å². The van der Waals surface area contributed by atoms with Crippen molar-refractivity contribution in [2.24, 2.45) is 0 Å². The van der Waals surface area contributed by atoms with E-state index in [0.717, 1.165) is 11.3 Å². The molecule has 0 N–H and O–H groups in total. The molecule has 1 unspecified atom stereocenters. The summed E-state index contributed by atoms with van der Waals surface area (Å²) in [5.41, 5.74) is 0. The molecule has 54 valence electrons. The molecule has 1 aliphatic rings. The Morgan fingerprint density at radius 1 is 1.56 bits per heavy atom. The van der Waals surface area contributed by atoms with Gasteiger partial charge in [-0.25, -0.2) is 4.31 Å². The first-order valence-electron chi connectivity index (χ1n) is 3.67. The van der Waals surface area contributed by atoms with Crippen molar-refractivity contribution in [3.05, 3.63) is 0 Å². The third-order valence-electron chi connectivity index (χ3n) is 1.79. The molecule has 0 aromatic heterocycles. The van der Waals surface area contributed by atoms with Crippen molar-refractivity contribution >= 4 is 11.9 Å². The van der Waals surface area contributed by atoms with Crippen LogP contribution in [0, 0.1) is 0 Å². The average molecular weight is 145 g/mol. The number of hydrogen-bond donors (Lipinski definition) is 0. The van der Waals surface area contributed by atoms with E-state index in [0.29, 0.717) is 0 Å². The maximum absolute atomic E-state index is 2.46. The second kappa shape index (κ2) is 2.93. The van der Waals surface area contributed by atoms with Crippen LogP contribution in [0.5, 0.6) is 0 Å². The average Bonchev–Trinajstić information content (AvgIpc) is 2.10. The van der Waals surface area contributed by atoms with E-state index in [2.05, 4.69) is 25.1 Å². The zero-order chi connectivity index (χ0) is 6.85. The third kappa shape index (κ3) is 1.62. The van der Waals surface area contributed by atoms with Gasteiger partial charge in [0.25, 0.3) is 0 Å². The highest BCUT2D eigenvalue weighted by molar-refractivity contribution is 7.97. The summed E-state index contributed by atoms with van der Waals surface area (Å²) in [6, 6.07) is 0.801. The highest BCUT2D eigenvalue weighted by atomic mass is 32.2. The largest absolute Gasteiger partial charge is 0.248 e. The Bertz CT molecular complexity index is 94.9. The molecule has 1 rings (SSSR count). The molecule has 0 saturated carbocycles. The summed E-state index contributed by atoms with van der Waals surface area (Å²) in [6.45, 7) is 8.02. The first-order chi connectivity index (χ1) is 4.24. The molecule has 0 aliphatic carbocycles. The van der Waals surface area contributed by atoms with Crippen LogP contribution in [0.3, 0.4) is 0 Å². The molecule has 1 saturated heterocycles. The molecule has 1 nitrogen and oxygen atoms in total. The van der Waals surface area contributed by atoms with E-state index in [1.807, 2.05) is 11.9 Å². The Kier molecular flexibility index (Phi) is 2.42. The minimum Gasteiger partial charge on any atom is -0.248 e. The summed E-state index contributed by atoms with van der Waals surface area (Å²) in [7, 11) is 0. The fraction of sp³-hybridized carbons (Fsp3) is 1.00. The number of hydrogen-bond acceptors (Lipinski definition) is 2. The van der Waals surface area contributed by atoms with Crippen LogP contribution in [0.25, 0.3) is 0 Å². The first-order valence-corrected chi connectivity index (χ1v) is 4.51. The Balaban J connectivity index is 2.38. The van der Waals surface area contributed by atoms with Crippen molar-refractivity contribution in [3.8, 4) is 0 Å². The van der Waals surface area contributed by atoms with E-state index >= 15 is 0 Å². The van der Waals surface area contributed by atoms with Gasteiger partial charge in [0.2, 0.25) is 0 Å². The maximum atomic E-state index is 2.46. The highest BCUT2D eigenvalue weighted by Gasteiger charge is 2.24. The molecule has 0 aromatic rings. The topological polar surface area (TPSA) is 3.24 Å². The fourth-order valence-corrected chi connectivity index (χ4v) is 2.63. The predicted octanol–water partition coefficient (Wildman–Crippen LogP) is 2.14. The van der Waals surface area contributed by atoms with Gasteiger partial charge in [-0.15, -0.1) is 0 Å². The van der Waals surface area contributed by atoms with Crippen LogP contribution in [-0.4, -0.2) is 22.1 Å². The van der Waals surface area contributed by atoms with Gasteiger partial charge in [0, 0.05) is 17.8 Å². The van der Waals surface area contributed by atoms with Gasteiger partial charge >= 0.3 is 0 Å². The standard InChI is InChI=1S/C7H15NS/c1-4-8-6(2)5-7(3)9-8/h6-7H,4-5H2,1-3H3/t6?,7-/m0/s1. The van der Waals surface area contributed by atoms with Crippen molar-refractivity contribution in [2.45, 2.75) is 38.5 Å². The zero-order valence-corrected chi connectivity index (χ0v) is 7.24. The summed E-state index contributed by atoms with van der Waals surface area (Å²) in [5, 5.41) is 0.847. The fourth-order valence-electron chi connectivity index (χ4n) is 1.36. The SMILES string of the molecule is CCN1S[C@@H](C)CC1C. The van der Waals surface area contributed by atoms with Crippen molar-refractivity contribution in [1.29, 1.82) is 0 Å². The molecular weight excluding hydrogens is 130 g/mol. The molecule has 1 fully saturated rings. The number of nitrogens with zero attached hydrogens (tertiary/aromatic N) is 1. The Morgan fingerprint density at radius 2 is 2.22 bits per heavy atom. The summed E-state index contributed by atoms with van der Waals surface area (Å²) in [6.07, 6.45) is 1.36. The summed E-state index contributed by atoms with van der Waals surface area (Å²) in [4.78, 5) is 0. The van der Waals surface area contributed by atoms with Gasteiger partial charge in [-0.05, 0) is 13.3 Å². The summed E-state index contributed by atoms with van der Waals surface area (Å²) >= 11 is 2.01. The van der Waals surface area contributed by atoms with Gasteiger partial charge in [-0.3, -0.25) is 0 Å². The van der Waals surface area contributed by atoms with Gasteiger partial charge in [0.1, 0.15) is 0 Å². The summed E-state index contributed by atoms with van der Waals surface area (Å²) in [5.74, 6) is 0. The van der Waals surface area contributed by atoms with Crippen LogP contribution in [0.15, 0.2) is 0 Å². The van der Waals surface area contributed by atoms with Crippen molar-refractivity contribution < 1.29 is 0 Å². The minimum absolute atomic E-state index is 0.801. The highest BCUT2D eigenvalue weighted by Crippen LogP contribution is 2.32. The smallest absolute Gasteiger partial charge is 0.0185 e. The van der Waals surface area contributed by atoms with Crippen LogP contribution in [0.1, 0.15) is 27.2 Å². The lowest BCUT2D eigenvalue weighted by molar-refractivity contribution is 0.403.